The van der Waals surface area contributed by atoms with Crippen LogP contribution in [0, 0.1) is 13.8 Å². The van der Waals surface area contributed by atoms with Crippen molar-refractivity contribution in [2.75, 3.05) is 32.5 Å². The van der Waals surface area contributed by atoms with Crippen molar-refractivity contribution in [2.45, 2.75) is 32.5 Å². The molecule has 38 heavy (non-hydrogen) atoms. The van der Waals surface area contributed by atoms with E-state index in [1.54, 1.807) is 36.4 Å². The Morgan fingerprint density at radius 3 is 2.32 bits per heavy atom. The molecule has 3 aromatic rings. The zero-order valence-corrected chi connectivity index (χ0v) is 22.2. The van der Waals surface area contributed by atoms with Gasteiger partial charge in [-0.25, -0.2) is 4.79 Å². The predicted octanol–water partition coefficient (Wildman–Crippen LogP) is 4.30. The summed E-state index contributed by atoms with van der Waals surface area (Å²) in [6, 6.07) is 21.4. The molecule has 0 aromatic heterocycles. The number of carbonyl (C=O) groups excluding carboxylic acids is 3. The van der Waals surface area contributed by atoms with Gasteiger partial charge in [0, 0.05) is 24.3 Å². The van der Waals surface area contributed by atoms with Gasteiger partial charge in [-0.2, -0.15) is 0 Å². The van der Waals surface area contributed by atoms with Crippen molar-refractivity contribution < 1.29 is 19.1 Å². The molecule has 2 atom stereocenters. The average Bonchev–Trinajstić information content (AvgIpc) is 3.20. The van der Waals surface area contributed by atoms with Crippen LogP contribution in [-0.2, 0) is 16.1 Å². The minimum Gasteiger partial charge on any atom is -0.438 e. The fraction of sp³-hybridized carbons (Fsp3) is 0.300. The zero-order valence-electron chi connectivity index (χ0n) is 22.2. The largest absolute Gasteiger partial charge is 0.438 e. The maximum atomic E-state index is 13.4. The maximum absolute atomic E-state index is 13.4. The number of aryl methyl sites for hydroxylation is 2. The second-order valence-corrected chi connectivity index (χ2v) is 9.90. The predicted molar refractivity (Wildman–Crippen MR) is 147 cm³/mol. The van der Waals surface area contributed by atoms with E-state index in [0.717, 1.165) is 16.7 Å². The van der Waals surface area contributed by atoms with Crippen molar-refractivity contribution in [3.8, 4) is 0 Å². The SMILES string of the molecule is Cc1ccc(C(=O)Nc2ccc([C@H]3OC(=O)N(Cc4cccc(C)c4)[C@@H]3C(=O)NCCN(C)C)cc2)cc1. The Morgan fingerprint density at radius 1 is 0.947 bits per heavy atom. The van der Waals surface area contributed by atoms with Crippen LogP contribution >= 0.6 is 0 Å². The summed E-state index contributed by atoms with van der Waals surface area (Å²) in [6.07, 6.45) is -1.32. The summed E-state index contributed by atoms with van der Waals surface area (Å²) in [5.41, 5.74) is 4.91. The highest BCUT2D eigenvalue weighted by atomic mass is 16.6. The van der Waals surface area contributed by atoms with E-state index in [4.69, 9.17) is 4.74 Å². The van der Waals surface area contributed by atoms with Crippen LogP contribution in [0.3, 0.4) is 0 Å². The van der Waals surface area contributed by atoms with E-state index in [1.165, 1.54) is 4.90 Å². The lowest BCUT2D eigenvalue weighted by Crippen LogP contribution is -2.47. The number of nitrogens with zero attached hydrogens (tertiary/aromatic N) is 2. The number of cyclic esters (lactones) is 1. The first kappa shape index (κ1) is 26.9. The summed E-state index contributed by atoms with van der Waals surface area (Å²) in [5.74, 6) is -0.486. The molecule has 198 valence electrons. The highest BCUT2D eigenvalue weighted by Crippen LogP contribution is 2.34. The van der Waals surface area contributed by atoms with Crippen molar-refractivity contribution in [2.24, 2.45) is 0 Å². The van der Waals surface area contributed by atoms with E-state index in [1.807, 2.05) is 69.2 Å². The number of likely N-dealkylation sites (N-methyl/N-ethyl adjacent to an activating group) is 1. The fourth-order valence-electron chi connectivity index (χ4n) is 4.39. The summed E-state index contributed by atoms with van der Waals surface area (Å²) in [7, 11) is 3.86. The van der Waals surface area contributed by atoms with Crippen molar-refractivity contribution in [3.05, 3.63) is 101 Å². The Bertz CT molecular complexity index is 1290. The molecule has 0 spiro atoms. The van der Waals surface area contributed by atoms with Gasteiger partial charge in [-0.15, -0.1) is 0 Å². The third kappa shape index (κ3) is 6.58. The number of amides is 3. The molecule has 3 aromatic carbocycles. The number of nitrogens with one attached hydrogen (secondary N) is 2. The molecule has 0 aliphatic carbocycles. The molecule has 1 fully saturated rings. The Kier molecular flexibility index (Phi) is 8.43. The monoisotopic (exact) mass is 514 g/mol. The lowest BCUT2D eigenvalue weighted by molar-refractivity contribution is -0.126. The molecule has 1 saturated heterocycles. The summed E-state index contributed by atoms with van der Waals surface area (Å²) < 4.78 is 5.75. The average molecular weight is 515 g/mol. The van der Waals surface area contributed by atoms with Gasteiger partial charge >= 0.3 is 6.09 Å². The van der Waals surface area contributed by atoms with Crippen molar-refractivity contribution in [1.29, 1.82) is 0 Å². The molecule has 4 rings (SSSR count). The second kappa shape index (κ2) is 11.9. The number of carbonyl (C=O) groups is 3. The van der Waals surface area contributed by atoms with Crippen LogP contribution in [0.25, 0.3) is 0 Å². The number of rotatable bonds is 9. The van der Waals surface area contributed by atoms with E-state index in [-0.39, 0.29) is 18.4 Å². The molecule has 0 radical (unpaired) electrons. The van der Waals surface area contributed by atoms with Crippen LogP contribution in [0.5, 0.6) is 0 Å². The van der Waals surface area contributed by atoms with Crippen molar-refractivity contribution >= 4 is 23.6 Å². The maximum Gasteiger partial charge on any atom is 0.411 e. The number of benzene rings is 3. The van der Waals surface area contributed by atoms with Gasteiger partial charge in [0.2, 0.25) is 5.91 Å². The summed E-state index contributed by atoms with van der Waals surface area (Å²) in [5, 5.41) is 5.83. The lowest BCUT2D eigenvalue weighted by Gasteiger charge is -2.24. The smallest absolute Gasteiger partial charge is 0.411 e. The van der Waals surface area contributed by atoms with Crippen molar-refractivity contribution in [1.82, 2.24) is 15.1 Å². The Hall–Kier alpha value is -4.17. The summed E-state index contributed by atoms with van der Waals surface area (Å²) in [4.78, 5) is 42.4. The third-order valence-electron chi connectivity index (χ3n) is 6.46. The van der Waals surface area contributed by atoms with E-state index >= 15 is 0 Å². The topological polar surface area (TPSA) is 91.0 Å². The molecule has 0 unspecified atom stereocenters. The van der Waals surface area contributed by atoms with Crippen LogP contribution in [-0.4, -0.2) is 60.9 Å². The van der Waals surface area contributed by atoms with Crippen molar-refractivity contribution in [3.63, 3.8) is 0 Å². The highest BCUT2D eigenvalue weighted by Gasteiger charge is 2.46. The van der Waals surface area contributed by atoms with Crippen LogP contribution in [0.1, 0.15) is 38.7 Å². The third-order valence-corrected chi connectivity index (χ3v) is 6.46. The van der Waals surface area contributed by atoms with Crippen LogP contribution in [0.4, 0.5) is 10.5 Å². The first-order valence-electron chi connectivity index (χ1n) is 12.6. The van der Waals surface area contributed by atoms with E-state index in [9.17, 15) is 14.4 Å². The molecule has 1 heterocycles. The van der Waals surface area contributed by atoms with E-state index < -0.39 is 18.2 Å². The first-order valence-corrected chi connectivity index (χ1v) is 12.6. The number of anilines is 1. The normalized spacial score (nSPS) is 16.9. The lowest BCUT2D eigenvalue weighted by atomic mass is 10.00. The molecule has 0 bridgehead atoms. The van der Waals surface area contributed by atoms with Crippen LogP contribution in [0.15, 0.2) is 72.8 Å². The molecule has 8 nitrogen and oxygen atoms in total. The van der Waals surface area contributed by atoms with E-state index in [2.05, 4.69) is 10.6 Å². The Balaban J connectivity index is 1.53. The minimum atomic E-state index is -0.835. The van der Waals surface area contributed by atoms with Gasteiger partial charge in [0.05, 0.1) is 6.54 Å². The van der Waals surface area contributed by atoms with Gasteiger partial charge in [0.25, 0.3) is 5.91 Å². The Morgan fingerprint density at radius 2 is 1.66 bits per heavy atom. The highest BCUT2D eigenvalue weighted by molar-refractivity contribution is 6.04. The first-order chi connectivity index (χ1) is 18.2. The number of hydrogen-bond donors (Lipinski definition) is 2. The molecule has 2 N–H and O–H groups in total. The minimum absolute atomic E-state index is 0.215. The van der Waals surface area contributed by atoms with Crippen LogP contribution in [0.2, 0.25) is 0 Å². The molecular formula is C30H34N4O4. The van der Waals surface area contributed by atoms with Crippen LogP contribution < -0.4 is 10.6 Å². The van der Waals surface area contributed by atoms with E-state index in [0.29, 0.717) is 29.9 Å². The molecular weight excluding hydrogens is 480 g/mol. The van der Waals surface area contributed by atoms with Gasteiger partial charge in [0.1, 0.15) is 0 Å². The van der Waals surface area contributed by atoms with Gasteiger partial charge in [-0.3, -0.25) is 14.5 Å². The quantitative estimate of drug-likeness (QED) is 0.445. The van der Waals surface area contributed by atoms with Gasteiger partial charge in [0.15, 0.2) is 12.1 Å². The standard InChI is InChI=1S/C30H34N4O4/c1-20-8-10-24(11-9-20)28(35)32-25-14-12-23(13-15-25)27-26(29(36)31-16-17-33(3)4)34(30(37)38-27)19-22-7-5-6-21(2)18-22/h5-15,18,26-27H,16-17,19H2,1-4H3,(H,31,36)(H,32,35)/t26-,27+/m0/s1. The Labute approximate surface area is 223 Å². The molecule has 1 aliphatic heterocycles. The van der Waals surface area contributed by atoms with Gasteiger partial charge in [-0.1, -0.05) is 59.7 Å². The van der Waals surface area contributed by atoms with Gasteiger partial charge in [-0.05, 0) is 63.3 Å². The molecule has 1 aliphatic rings. The summed E-state index contributed by atoms with van der Waals surface area (Å²) >= 11 is 0. The second-order valence-electron chi connectivity index (χ2n) is 9.90. The molecule has 3 amide bonds. The number of hydrogen-bond acceptors (Lipinski definition) is 5. The fourth-order valence-corrected chi connectivity index (χ4v) is 4.39. The number of ether oxygens (including phenoxy) is 1. The summed E-state index contributed by atoms with van der Waals surface area (Å²) in [6.45, 7) is 5.33. The van der Waals surface area contributed by atoms with Gasteiger partial charge < -0.3 is 20.3 Å². The zero-order chi connectivity index (χ0) is 27.2. The molecule has 8 heteroatoms. The molecule has 0 saturated carbocycles.